The lowest BCUT2D eigenvalue weighted by molar-refractivity contribution is 0.0794. The number of nitrogens with zero attached hydrogens (tertiary/aromatic N) is 1. The second kappa shape index (κ2) is 7.05. The van der Waals surface area contributed by atoms with Gasteiger partial charge in [0, 0.05) is 31.2 Å². The standard InChI is InChI=1S/C18H28N2/c1-5-15(4)20-13-17(19-12-18(20)14(2)3)11-16-9-7-6-8-10-16/h5-10,14-15,17-19H,1,11-13H2,2-4H3. The number of hydrogen-bond donors (Lipinski definition) is 1. The van der Waals surface area contributed by atoms with Gasteiger partial charge in [0.15, 0.2) is 0 Å². The summed E-state index contributed by atoms with van der Waals surface area (Å²) in [7, 11) is 0. The SMILES string of the molecule is C=CC(C)N1CC(Cc2ccccc2)NCC1C(C)C. The van der Waals surface area contributed by atoms with E-state index in [1.165, 1.54) is 5.56 Å². The Labute approximate surface area is 123 Å². The summed E-state index contributed by atoms with van der Waals surface area (Å²) in [6.07, 6.45) is 3.17. The number of hydrogen-bond acceptors (Lipinski definition) is 2. The van der Waals surface area contributed by atoms with Gasteiger partial charge in [-0.25, -0.2) is 0 Å². The fraction of sp³-hybridized carbons (Fsp3) is 0.556. The van der Waals surface area contributed by atoms with Crippen LogP contribution in [0.5, 0.6) is 0 Å². The van der Waals surface area contributed by atoms with E-state index in [-0.39, 0.29) is 0 Å². The second-order valence-electron chi connectivity index (χ2n) is 6.28. The van der Waals surface area contributed by atoms with Crippen molar-refractivity contribution in [1.82, 2.24) is 10.2 Å². The number of nitrogens with one attached hydrogen (secondary N) is 1. The van der Waals surface area contributed by atoms with Gasteiger partial charge in [0.25, 0.3) is 0 Å². The molecule has 1 fully saturated rings. The van der Waals surface area contributed by atoms with Crippen LogP contribution < -0.4 is 5.32 Å². The van der Waals surface area contributed by atoms with Gasteiger partial charge in [-0.15, -0.1) is 6.58 Å². The third-order valence-electron chi connectivity index (χ3n) is 4.43. The normalized spacial score (nSPS) is 25.6. The van der Waals surface area contributed by atoms with Crippen LogP contribution in [0.4, 0.5) is 0 Å². The van der Waals surface area contributed by atoms with Crippen molar-refractivity contribution >= 4 is 0 Å². The Morgan fingerprint density at radius 3 is 2.60 bits per heavy atom. The molecule has 1 aliphatic rings. The molecule has 20 heavy (non-hydrogen) atoms. The van der Waals surface area contributed by atoms with Crippen LogP contribution in [-0.2, 0) is 6.42 Å². The molecule has 0 radical (unpaired) electrons. The van der Waals surface area contributed by atoms with Crippen molar-refractivity contribution in [3.05, 3.63) is 48.6 Å². The quantitative estimate of drug-likeness (QED) is 0.829. The number of benzene rings is 1. The second-order valence-corrected chi connectivity index (χ2v) is 6.28. The predicted molar refractivity (Wildman–Crippen MR) is 86.9 cm³/mol. The van der Waals surface area contributed by atoms with E-state index in [2.05, 4.69) is 74.0 Å². The highest BCUT2D eigenvalue weighted by atomic mass is 15.3. The van der Waals surface area contributed by atoms with Gasteiger partial charge in [-0.05, 0) is 24.8 Å². The summed E-state index contributed by atoms with van der Waals surface area (Å²) in [5.74, 6) is 0.669. The molecule has 0 amide bonds. The minimum absolute atomic E-state index is 0.447. The van der Waals surface area contributed by atoms with Crippen LogP contribution >= 0.6 is 0 Å². The van der Waals surface area contributed by atoms with Crippen LogP contribution in [0, 0.1) is 5.92 Å². The molecule has 1 heterocycles. The lowest BCUT2D eigenvalue weighted by Crippen LogP contribution is -2.60. The molecular weight excluding hydrogens is 244 g/mol. The topological polar surface area (TPSA) is 15.3 Å². The first-order valence-electron chi connectivity index (χ1n) is 7.77. The fourth-order valence-electron chi connectivity index (χ4n) is 3.12. The van der Waals surface area contributed by atoms with E-state index in [4.69, 9.17) is 0 Å². The summed E-state index contributed by atoms with van der Waals surface area (Å²) >= 11 is 0. The smallest absolute Gasteiger partial charge is 0.0251 e. The van der Waals surface area contributed by atoms with E-state index >= 15 is 0 Å². The average Bonchev–Trinajstić information content (AvgIpc) is 2.47. The lowest BCUT2D eigenvalue weighted by atomic mass is 9.94. The van der Waals surface area contributed by atoms with E-state index in [9.17, 15) is 0 Å². The van der Waals surface area contributed by atoms with Gasteiger partial charge in [-0.1, -0.05) is 50.3 Å². The molecule has 2 heteroatoms. The van der Waals surface area contributed by atoms with Crippen LogP contribution in [0.15, 0.2) is 43.0 Å². The molecule has 0 saturated carbocycles. The summed E-state index contributed by atoms with van der Waals surface area (Å²) < 4.78 is 0. The third-order valence-corrected chi connectivity index (χ3v) is 4.43. The van der Waals surface area contributed by atoms with Crippen LogP contribution in [-0.4, -0.2) is 36.1 Å². The molecule has 2 nitrogen and oxygen atoms in total. The summed E-state index contributed by atoms with van der Waals surface area (Å²) in [6, 6.07) is 12.4. The zero-order valence-corrected chi connectivity index (χ0v) is 13.0. The maximum Gasteiger partial charge on any atom is 0.0251 e. The Kier molecular flexibility index (Phi) is 5.38. The molecule has 1 aromatic rings. The van der Waals surface area contributed by atoms with Gasteiger partial charge in [0.05, 0.1) is 0 Å². The molecule has 1 saturated heterocycles. The highest BCUT2D eigenvalue weighted by Gasteiger charge is 2.31. The van der Waals surface area contributed by atoms with E-state index in [1.807, 2.05) is 0 Å². The molecule has 0 spiro atoms. The molecule has 0 aliphatic carbocycles. The highest BCUT2D eigenvalue weighted by Crippen LogP contribution is 2.20. The first-order chi connectivity index (χ1) is 9.61. The zero-order chi connectivity index (χ0) is 14.5. The molecule has 2 rings (SSSR count). The van der Waals surface area contributed by atoms with Gasteiger partial charge in [-0.2, -0.15) is 0 Å². The van der Waals surface area contributed by atoms with Crippen molar-refractivity contribution in [3.8, 4) is 0 Å². The van der Waals surface area contributed by atoms with Crippen molar-refractivity contribution in [2.45, 2.75) is 45.3 Å². The molecule has 0 aromatic heterocycles. The Morgan fingerprint density at radius 2 is 2.00 bits per heavy atom. The van der Waals surface area contributed by atoms with Crippen LogP contribution in [0.2, 0.25) is 0 Å². The van der Waals surface area contributed by atoms with Crippen molar-refractivity contribution in [2.24, 2.45) is 5.92 Å². The molecular formula is C18H28N2. The molecule has 1 N–H and O–H groups in total. The minimum atomic E-state index is 0.447. The van der Waals surface area contributed by atoms with Crippen LogP contribution in [0.1, 0.15) is 26.3 Å². The lowest BCUT2D eigenvalue weighted by Gasteiger charge is -2.45. The maximum atomic E-state index is 3.98. The predicted octanol–water partition coefficient (Wildman–Crippen LogP) is 3.10. The van der Waals surface area contributed by atoms with Crippen molar-refractivity contribution < 1.29 is 0 Å². The largest absolute Gasteiger partial charge is 0.311 e. The minimum Gasteiger partial charge on any atom is -0.311 e. The Hall–Kier alpha value is -1.12. The van der Waals surface area contributed by atoms with Crippen molar-refractivity contribution in [1.29, 1.82) is 0 Å². The molecule has 1 aromatic carbocycles. The van der Waals surface area contributed by atoms with E-state index in [0.717, 1.165) is 19.5 Å². The molecule has 110 valence electrons. The van der Waals surface area contributed by atoms with Crippen molar-refractivity contribution in [3.63, 3.8) is 0 Å². The van der Waals surface area contributed by atoms with Crippen molar-refractivity contribution in [2.75, 3.05) is 13.1 Å². The fourth-order valence-corrected chi connectivity index (χ4v) is 3.12. The third kappa shape index (κ3) is 3.71. The first-order valence-corrected chi connectivity index (χ1v) is 7.77. The highest BCUT2D eigenvalue weighted by molar-refractivity contribution is 5.16. The van der Waals surface area contributed by atoms with Gasteiger partial charge in [0.2, 0.25) is 0 Å². The van der Waals surface area contributed by atoms with Gasteiger partial charge >= 0.3 is 0 Å². The summed E-state index contributed by atoms with van der Waals surface area (Å²) in [6.45, 7) is 13.0. The van der Waals surface area contributed by atoms with E-state index in [1.54, 1.807) is 0 Å². The maximum absolute atomic E-state index is 3.98. The van der Waals surface area contributed by atoms with Crippen LogP contribution in [0.3, 0.4) is 0 Å². The molecule has 1 aliphatic heterocycles. The first kappa shape index (κ1) is 15.3. The van der Waals surface area contributed by atoms with Gasteiger partial charge in [0.1, 0.15) is 0 Å². The molecule has 3 unspecified atom stereocenters. The van der Waals surface area contributed by atoms with E-state index in [0.29, 0.717) is 24.0 Å². The van der Waals surface area contributed by atoms with Crippen LogP contribution in [0.25, 0.3) is 0 Å². The number of piperazine rings is 1. The summed E-state index contributed by atoms with van der Waals surface area (Å²) in [5, 5.41) is 3.73. The van der Waals surface area contributed by atoms with E-state index < -0.39 is 0 Å². The summed E-state index contributed by atoms with van der Waals surface area (Å²) in [4.78, 5) is 2.61. The van der Waals surface area contributed by atoms with Gasteiger partial charge in [-0.3, -0.25) is 4.90 Å². The molecule has 0 bridgehead atoms. The zero-order valence-electron chi connectivity index (χ0n) is 13.0. The average molecular weight is 272 g/mol. The van der Waals surface area contributed by atoms with Gasteiger partial charge < -0.3 is 5.32 Å². The Morgan fingerprint density at radius 1 is 1.30 bits per heavy atom. The Bertz CT molecular complexity index is 413. The summed E-state index contributed by atoms with van der Waals surface area (Å²) in [5.41, 5.74) is 1.42. The molecule has 3 atom stereocenters. The monoisotopic (exact) mass is 272 g/mol. The number of rotatable bonds is 5. The Balaban J connectivity index is 2.03.